The first-order chi connectivity index (χ1) is 7.92. The van der Waals surface area contributed by atoms with Crippen molar-refractivity contribution < 1.29 is 4.74 Å². The molecule has 1 saturated heterocycles. The predicted octanol–water partition coefficient (Wildman–Crippen LogP) is 2.16. The van der Waals surface area contributed by atoms with Gasteiger partial charge >= 0.3 is 0 Å². The van der Waals surface area contributed by atoms with E-state index >= 15 is 0 Å². The second-order valence-corrected chi connectivity index (χ2v) is 4.27. The molecular formula is C13H20N2O. The summed E-state index contributed by atoms with van der Waals surface area (Å²) in [4.78, 5) is 4.21. The Labute approximate surface area is 97.2 Å². The van der Waals surface area contributed by atoms with Gasteiger partial charge in [0.2, 0.25) is 0 Å². The van der Waals surface area contributed by atoms with Crippen LogP contribution in [0.3, 0.4) is 0 Å². The monoisotopic (exact) mass is 220 g/mol. The van der Waals surface area contributed by atoms with Crippen LogP contribution in [0.2, 0.25) is 0 Å². The smallest absolute Gasteiger partial charge is 0.0469 e. The van der Waals surface area contributed by atoms with Crippen LogP contribution in [0.4, 0.5) is 0 Å². The molecule has 0 saturated carbocycles. The Bertz CT molecular complexity index is 296. The van der Waals surface area contributed by atoms with Gasteiger partial charge in [0.15, 0.2) is 0 Å². The molecule has 1 unspecified atom stereocenters. The van der Waals surface area contributed by atoms with Gasteiger partial charge in [0, 0.05) is 31.6 Å². The zero-order chi connectivity index (χ0) is 11.2. The molecule has 3 nitrogen and oxygen atoms in total. The van der Waals surface area contributed by atoms with Crippen LogP contribution < -0.4 is 5.32 Å². The Hall–Kier alpha value is -0.930. The summed E-state index contributed by atoms with van der Waals surface area (Å²) < 4.78 is 5.42. The molecule has 2 rings (SSSR count). The van der Waals surface area contributed by atoms with E-state index in [2.05, 4.69) is 23.3 Å². The Balaban J connectivity index is 2.09. The molecule has 1 atom stereocenters. The highest BCUT2D eigenvalue weighted by Crippen LogP contribution is 2.29. The summed E-state index contributed by atoms with van der Waals surface area (Å²) in [7, 11) is 0. The molecule has 1 aromatic rings. The van der Waals surface area contributed by atoms with Crippen LogP contribution in [-0.2, 0) is 4.74 Å². The number of nitrogens with one attached hydrogen (secondary N) is 1. The first kappa shape index (κ1) is 11.6. The molecule has 0 aliphatic carbocycles. The molecule has 1 fully saturated rings. The molecule has 0 aromatic carbocycles. The number of aromatic nitrogens is 1. The first-order valence-electron chi connectivity index (χ1n) is 6.13. The molecule has 1 N–H and O–H groups in total. The van der Waals surface area contributed by atoms with E-state index in [-0.39, 0.29) is 0 Å². The summed E-state index contributed by atoms with van der Waals surface area (Å²) in [6.07, 6.45) is 6.10. The molecule has 3 heteroatoms. The summed E-state index contributed by atoms with van der Waals surface area (Å²) in [5, 5.41) is 3.57. The Morgan fingerprint density at radius 2 is 2.31 bits per heavy atom. The Kier molecular flexibility index (Phi) is 4.31. The van der Waals surface area contributed by atoms with Gasteiger partial charge in [-0.05, 0) is 36.9 Å². The van der Waals surface area contributed by atoms with Crippen molar-refractivity contribution in [1.82, 2.24) is 10.3 Å². The molecule has 88 valence electrons. The minimum atomic E-state index is 0.433. The topological polar surface area (TPSA) is 34.2 Å². The summed E-state index contributed by atoms with van der Waals surface area (Å²) in [5.74, 6) is 0.679. The lowest BCUT2D eigenvalue weighted by molar-refractivity contribution is 0.0538. The van der Waals surface area contributed by atoms with E-state index in [1.807, 2.05) is 18.5 Å². The van der Waals surface area contributed by atoms with Crippen molar-refractivity contribution in [2.24, 2.45) is 5.92 Å². The molecule has 1 aromatic heterocycles. The van der Waals surface area contributed by atoms with Crippen molar-refractivity contribution in [3.63, 3.8) is 0 Å². The molecule has 1 aliphatic rings. The molecule has 1 aliphatic heterocycles. The first-order valence-corrected chi connectivity index (χ1v) is 6.13. The highest BCUT2D eigenvalue weighted by atomic mass is 16.5. The molecule has 0 bridgehead atoms. The van der Waals surface area contributed by atoms with Gasteiger partial charge in [-0.2, -0.15) is 0 Å². The van der Waals surface area contributed by atoms with Gasteiger partial charge in [-0.3, -0.25) is 4.98 Å². The van der Waals surface area contributed by atoms with Crippen molar-refractivity contribution in [2.45, 2.75) is 25.8 Å². The summed E-state index contributed by atoms with van der Waals surface area (Å²) in [6, 6.07) is 4.61. The SMILES string of the molecule is CCNC(c1cccnc1)C1CCOCC1. The van der Waals surface area contributed by atoms with Crippen LogP contribution in [0.5, 0.6) is 0 Å². The van der Waals surface area contributed by atoms with Gasteiger partial charge in [0.1, 0.15) is 0 Å². The highest BCUT2D eigenvalue weighted by molar-refractivity contribution is 5.15. The molecule has 2 heterocycles. The molecule has 16 heavy (non-hydrogen) atoms. The number of hydrogen-bond acceptors (Lipinski definition) is 3. The average Bonchev–Trinajstić information content (AvgIpc) is 2.38. The summed E-state index contributed by atoms with van der Waals surface area (Å²) >= 11 is 0. The number of pyridine rings is 1. The maximum atomic E-state index is 5.42. The van der Waals surface area contributed by atoms with Gasteiger partial charge < -0.3 is 10.1 Å². The maximum absolute atomic E-state index is 5.42. The van der Waals surface area contributed by atoms with Gasteiger partial charge in [-0.15, -0.1) is 0 Å². The van der Waals surface area contributed by atoms with Crippen LogP contribution in [0.1, 0.15) is 31.4 Å². The second kappa shape index (κ2) is 5.97. The third-order valence-electron chi connectivity index (χ3n) is 3.20. The van der Waals surface area contributed by atoms with Crippen LogP contribution >= 0.6 is 0 Å². The van der Waals surface area contributed by atoms with Crippen LogP contribution in [0.15, 0.2) is 24.5 Å². The van der Waals surface area contributed by atoms with Crippen LogP contribution in [0, 0.1) is 5.92 Å². The summed E-state index contributed by atoms with van der Waals surface area (Å²) in [6.45, 7) is 4.94. The largest absolute Gasteiger partial charge is 0.381 e. The number of hydrogen-bond donors (Lipinski definition) is 1. The van der Waals surface area contributed by atoms with E-state index in [4.69, 9.17) is 4.74 Å². The predicted molar refractivity (Wildman–Crippen MR) is 64.2 cm³/mol. The fourth-order valence-corrected chi connectivity index (χ4v) is 2.39. The normalized spacial score (nSPS) is 19.6. The van der Waals surface area contributed by atoms with Crippen molar-refractivity contribution in [1.29, 1.82) is 0 Å². The van der Waals surface area contributed by atoms with Crippen LogP contribution in [0.25, 0.3) is 0 Å². The minimum Gasteiger partial charge on any atom is -0.381 e. The van der Waals surface area contributed by atoms with E-state index in [0.29, 0.717) is 12.0 Å². The fraction of sp³-hybridized carbons (Fsp3) is 0.615. The number of nitrogens with zero attached hydrogens (tertiary/aromatic N) is 1. The number of rotatable bonds is 4. The van der Waals surface area contributed by atoms with Crippen LogP contribution in [-0.4, -0.2) is 24.7 Å². The maximum Gasteiger partial charge on any atom is 0.0469 e. The zero-order valence-electron chi connectivity index (χ0n) is 9.86. The van der Waals surface area contributed by atoms with Crippen molar-refractivity contribution in [2.75, 3.05) is 19.8 Å². The Morgan fingerprint density at radius 1 is 1.50 bits per heavy atom. The lowest BCUT2D eigenvalue weighted by Gasteiger charge is -2.31. The average molecular weight is 220 g/mol. The van der Waals surface area contributed by atoms with E-state index < -0.39 is 0 Å². The quantitative estimate of drug-likeness (QED) is 0.844. The summed E-state index contributed by atoms with van der Waals surface area (Å²) in [5.41, 5.74) is 1.30. The van der Waals surface area contributed by atoms with E-state index in [1.54, 1.807) is 0 Å². The lowest BCUT2D eigenvalue weighted by Crippen LogP contribution is -2.32. The fourth-order valence-electron chi connectivity index (χ4n) is 2.39. The third-order valence-corrected chi connectivity index (χ3v) is 3.20. The van der Waals surface area contributed by atoms with E-state index in [0.717, 1.165) is 32.6 Å². The number of ether oxygens (including phenoxy) is 1. The van der Waals surface area contributed by atoms with Gasteiger partial charge in [-0.25, -0.2) is 0 Å². The van der Waals surface area contributed by atoms with E-state index in [9.17, 15) is 0 Å². The minimum absolute atomic E-state index is 0.433. The Morgan fingerprint density at radius 3 is 2.94 bits per heavy atom. The molecule has 0 radical (unpaired) electrons. The second-order valence-electron chi connectivity index (χ2n) is 4.27. The zero-order valence-corrected chi connectivity index (χ0v) is 9.86. The lowest BCUT2D eigenvalue weighted by atomic mass is 9.88. The van der Waals surface area contributed by atoms with Gasteiger partial charge in [-0.1, -0.05) is 13.0 Å². The molecule has 0 amide bonds. The van der Waals surface area contributed by atoms with Gasteiger partial charge in [0.05, 0.1) is 0 Å². The van der Waals surface area contributed by atoms with Crippen molar-refractivity contribution in [3.8, 4) is 0 Å². The van der Waals surface area contributed by atoms with E-state index in [1.165, 1.54) is 5.56 Å². The highest BCUT2D eigenvalue weighted by Gasteiger charge is 2.24. The van der Waals surface area contributed by atoms with Crippen molar-refractivity contribution in [3.05, 3.63) is 30.1 Å². The standard InChI is InChI=1S/C13H20N2O/c1-2-15-13(11-5-8-16-9-6-11)12-4-3-7-14-10-12/h3-4,7,10-11,13,15H,2,5-6,8-9H2,1H3. The molecule has 0 spiro atoms. The third kappa shape index (κ3) is 2.80. The van der Waals surface area contributed by atoms with Gasteiger partial charge in [0.25, 0.3) is 0 Å². The van der Waals surface area contributed by atoms with Crippen molar-refractivity contribution >= 4 is 0 Å². The molecular weight excluding hydrogens is 200 g/mol.